The normalized spacial score (nSPS) is 18.3. The van der Waals surface area contributed by atoms with Crippen molar-refractivity contribution in [3.8, 4) is 0 Å². The maximum Gasteiger partial charge on any atom is 0.417 e. The monoisotopic (exact) mass is 461 g/mol. The van der Waals surface area contributed by atoms with Crippen molar-refractivity contribution in [2.75, 3.05) is 6.54 Å². The highest BCUT2D eigenvalue weighted by molar-refractivity contribution is 6.30. The van der Waals surface area contributed by atoms with Gasteiger partial charge < -0.3 is 10.1 Å². The van der Waals surface area contributed by atoms with Crippen LogP contribution >= 0.6 is 11.6 Å². The van der Waals surface area contributed by atoms with E-state index in [1.807, 2.05) is 13.0 Å². The number of ether oxygens (including phenoxy) is 1. The van der Waals surface area contributed by atoms with Gasteiger partial charge in [-0.15, -0.1) is 0 Å². The lowest BCUT2D eigenvalue weighted by Crippen LogP contribution is -2.44. The molecule has 2 aromatic heterocycles. The fourth-order valence-electron chi connectivity index (χ4n) is 3.73. The second kappa shape index (κ2) is 9.28. The van der Waals surface area contributed by atoms with Gasteiger partial charge in [0.2, 0.25) is 11.8 Å². The Morgan fingerprint density at radius 3 is 2.69 bits per heavy atom. The number of halogens is 1. The number of nitrogens with zero attached hydrogens (tertiary/aromatic N) is 3. The molecule has 10 heteroatoms. The number of likely N-dealkylation sites (tertiary alicyclic amines) is 1. The summed E-state index contributed by atoms with van der Waals surface area (Å²) in [6.07, 6.45) is 5.23. The average Bonchev–Trinajstić information content (AvgIpc) is 3.31. The largest absolute Gasteiger partial charge is 0.443 e. The average molecular weight is 462 g/mol. The Kier molecular flexibility index (Phi) is 6.88. The van der Waals surface area contributed by atoms with Crippen LogP contribution in [-0.2, 0) is 19.9 Å². The van der Waals surface area contributed by atoms with Crippen LogP contribution in [0.5, 0.6) is 0 Å². The van der Waals surface area contributed by atoms with E-state index >= 15 is 0 Å². The summed E-state index contributed by atoms with van der Waals surface area (Å²) >= 11 is 6.24. The zero-order chi connectivity index (χ0) is 23.5. The standard InChI is InChI=1S/C22H28ClN5O4/c1-21(2,3)32-20(31)28-11-9-14(19(28)30)7-8-17(29)26-22(4,15-6-5-10-24-12-15)16-13-25-27-18(16)23/h5-6,10,12-14H,7-9,11H2,1-4H3,(H,25,27)(H,26,29). The van der Waals surface area contributed by atoms with Gasteiger partial charge in [-0.25, -0.2) is 9.69 Å². The first-order chi connectivity index (χ1) is 15.0. The van der Waals surface area contributed by atoms with Crippen molar-refractivity contribution in [2.24, 2.45) is 5.92 Å². The molecule has 0 aromatic carbocycles. The van der Waals surface area contributed by atoms with E-state index in [1.54, 1.807) is 45.4 Å². The second-order valence-electron chi connectivity index (χ2n) is 9.00. The molecule has 3 amide bonds. The van der Waals surface area contributed by atoms with Gasteiger partial charge >= 0.3 is 6.09 Å². The summed E-state index contributed by atoms with van der Waals surface area (Å²) < 4.78 is 5.29. The van der Waals surface area contributed by atoms with Crippen LogP contribution in [0, 0.1) is 5.92 Å². The molecule has 3 rings (SSSR count). The van der Waals surface area contributed by atoms with Gasteiger partial charge in [0.25, 0.3) is 0 Å². The van der Waals surface area contributed by atoms with Crippen LogP contribution in [0.15, 0.2) is 30.7 Å². The predicted molar refractivity (Wildman–Crippen MR) is 118 cm³/mol. The van der Waals surface area contributed by atoms with Crippen molar-refractivity contribution in [3.05, 3.63) is 47.0 Å². The van der Waals surface area contributed by atoms with Crippen molar-refractivity contribution in [1.82, 2.24) is 25.4 Å². The Morgan fingerprint density at radius 1 is 1.34 bits per heavy atom. The van der Waals surface area contributed by atoms with Crippen LogP contribution in [0.25, 0.3) is 0 Å². The third-order valence-corrected chi connectivity index (χ3v) is 5.70. The smallest absolute Gasteiger partial charge is 0.417 e. The summed E-state index contributed by atoms with van der Waals surface area (Å²) in [5.41, 5.74) is -0.295. The fraction of sp³-hybridized carbons (Fsp3) is 0.500. The topological polar surface area (TPSA) is 117 Å². The number of carbonyl (C=O) groups excluding carboxylic acids is 3. The van der Waals surface area contributed by atoms with E-state index in [4.69, 9.17) is 16.3 Å². The number of rotatable bonds is 6. The molecule has 0 saturated carbocycles. The first kappa shape index (κ1) is 23.7. The number of hydrogen-bond donors (Lipinski definition) is 2. The number of nitrogens with one attached hydrogen (secondary N) is 2. The molecule has 1 saturated heterocycles. The van der Waals surface area contributed by atoms with E-state index in [9.17, 15) is 14.4 Å². The number of H-pyrrole nitrogens is 1. The number of imide groups is 1. The molecule has 2 unspecified atom stereocenters. The molecule has 1 fully saturated rings. The van der Waals surface area contributed by atoms with Crippen LogP contribution in [0.4, 0.5) is 4.79 Å². The van der Waals surface area contributed by atoms with E-state index in [2.05, 4.69) is 20.5 Å². The Morgan fingerprint density at radius 2 is 2.09 bits per heavy atom. The van der Waals surface area contributed by atoms with Crippen molar-refractivity contribution in [2.45, 2.75) is 58.1 Å². The molecule has 3 heterocycles. The van der Waals surface area contributed by atoms with Gasteiger partial charge in [0, 0.05) is 48.6 Å². The molecule has 172 valence electrons. The lowest BCUT2D eigenvalue weighted by atomic mass is 9.87. The Bertz CT molecular complexity index is 988. The highest BCUT2D eigenvalue weighted by Crippen LogP contribution is 2.33. The van der Waals surface area contributed by atoms with Gasteiger partial charge in [-0.05, 0) is 46.6 Å². The summed E-state index contributed by atoms with van der Waals surface area (Å²) in [5.74, 6) is -0.965. The van der Waals surface area contributed by atoms with Crippen LogP contribution in [0.2, 0.25) is 5.15 Å². The molecule has 1 aliphatic heterocycles. The number of hydrogen-bond acceptors (Lipinski definition) is 6. The molecular weight excluding hydrogens is 434 g/mol. The number of amides is 3. The van der Waals surface area contributed by atoms with E-state index in [0.717, 1.165) is 10.5 Å². The molecule has 0 bridgehead atoms. The lowest BCUT2D eigenvalue weighted by molar-refractivity contribution is -0.130. The number of aromatic nitrogens is 3. The first-order valence-electron chi connectivity index (χ1n) is 10.5. The lowest BCUT2D eigenvalue weighted by Gasteiger charge is -2.31. The summed E-state index contributed by atoms with van der Waals surface area (Å²) in [4.78, 5) is 43.0. The second-order valence-corrected chi connectivity index (χ2v) is 9.36. The number of carbonyl (C=O) groups is 3. The van der Waals surface area contributed by atoms with Crippen molar-refractivity contribution in [3.63, 3.8) is 0 Å². The van der Waals surface area contributed by atoms with Gasteiger partial charge in [-0.3, -0.25) is 19.7 Å². The predicted octanol–water partition coefficient (Wildman–Crippen LogP) is 3.40. The molecule has 1 aliphatic rings. The highest BCUT2D eigenvalue weighted by Gasteiger charge is 2.39. The van der Waals surface area contributed by atoms with Gasteiger partial charge in [0.05, 0.1) is 5.54 Å². The highest BCUT2D eigenvalue weighted by atomic mass is 35.5. The zero-order valence-electron chi connectivity index (χ0n) is 18.6. The minimum Gasteiger partial charge on any atom is -0.443 e. The molecule has 2 N–H and O–H groups in total. The van der Waals surface area contributed by atoms with E-state index in [0.29, 0.717) is 18.4 Å². The van der Waals surface area contributed by atoms with Crippen molar-refractivity contribution in [1.29, 1.82) is 0 Å². The van der Waals surface area contributed by atoms with Crippen molar-refractivity contribution >= 4 is 29.5 Å². The maximum absolute atomic E-state index is 12.9. The third kappa shape index (κ3) is 5.27. The molecule has 0 radical (unpaired) electrons. The van der Waals surface area contributed by atoms with Gasteiger partial charge in [0.1, 0.15) is 5.60 Å². The van der Waals surface area contributed by atoms with E-state index in [-0.39, 0.29) is 29.9 Å². The van der Waals surface area contributed by atoms with E-state index in [1.165, 1.54) is 0 Å². The SMILES string of the molecule is CC(C)(C)OC(=O)N1CCC(CCC(=O)NC(C)(c2cccnc2)c2c[nH]nc2Cl)C1=O. The fourth-order valence-corrected chi connectivity index (χ4v) is 4.02. The quantitative estimate of drug-likeness (QED) is 0.680. The molecule has 2 atom stereocenters. The third-order valence-electron chi connectivity index (χ3n) is 5.41. The minimum atomic E-state index is -0.961. The summed E-state index contributed by atoms with van der Waals surface area (Å²) in [7, 11) is 0. The van der Waals surface area contributed by atoms with Crippen LogP contribution < -0.4 is 5.32 Å². The Hall–Kier alpha value is -2.94. The first-order valence-corrected chi connectivity index (χ1v) is 10.8. The number of aromatic amines is 1. The van der Waals surface area contributed by atoms with Gasteiger partial charge in [-0.1, -0.05) is 17.7 Å². The number of pyridine rings is 1. The summed E-state index contributed by atoms with van der Waals surface area (Å²) in [6.45, 7) is 7.36. The van der Waals surface area contributed by atoms with Crippen LogP contribution in [0.3, 0.4) is 0 Å². The summed E-state index contributed by atoms with van der Waals surface area (Å²) in [5, 5.41) is 9.94. The van der Waals surface area contributed by atoms with E-state index < -0.39 is 23.2 Å². The van der Waals surface area contributed by atoms with Gasteiger partial charge in [0.15, 0.2) is 5.15 Å². The molecule has 0 spiro atoms. The summed E-state index contributed by atoms with van der Waals surface area (Å²) in [6, 6.07) is 3.62. The molecule has 9 nitrogen and oxygen atoms in total. The molecule has 0 aliphatic carbocycles. The van der Waals surface area contributed by atoms with Crippen molar-refractivity contribution < 1.29 is 19.1 Å². The van der Waals surface area contributed by atoms with Gasteiger partial charge in [-0.2, -0.15) is 5.10 Å². The minimum absolute atomic E-state index is 0.115. The Labute approximate surface area is 191 Å². The molecule has 2 aromatic rings. The molecule has 32 heavy (non-hydrogen) atoms. The Balaban J connectivity index is 1.65. The van der Waals surface area contributed by atoms with Crippen LogP contribution in [-0.4, -0.2) is 50.1 Å². The molecular formula is C22H28ClN5O4. The maximum atomic E-state index is 12.9. The zero-order valence-corrected chi connectivity index (χ0v) is 19.4. The van der Waals surface area contributed by atoms with Crippen LogP contribution in [0.1, 0.15) is 58.1 Å².